The maximum atomic E-state index is 9.08. The third-order valence-electron chi connectivity index (χ3n) is 4.22. The highest BCUT2D eigenvalue weighted by atomic mass is 16.5. The SMILES string of the molecule is CN1CCOC(COc2ccnc3[nH]c4cnc(C#N)cc4c23)C1. The fraction of sp³-hybridized carbons (Fsp3) is 0.353. The molecule has 1 unspecified atom stereocenters. The Morgan fingerprint density at radius 3 is 3.25 bits per heavy atom. The number of fused-ring (bicyclic) bond motifs is 3. The Bertz CT molecular complexity index is 930. The van der Waals surface area contributed by atoms with Gasteiger partial charge in [0, 0.05) is 24.7 Å². The number of aromatic amines is 1. The predicted octanol–water partition coefficient (Wildman–Crippen LogP) is 1.69. The first-order valence-electron chi connectivity index (χ1n) is 7.84. The lowest BCUT2D eigenvalue weighted by Crippen LogP contribution is -2.42. The lowest BCUT2D eigenvalue weighted by Gasteiger charge is -2.29. The van der Waals surface area contributed by atoms with Crippen LogP contribution in [0.1, 0.15) is 5.69 Å². The number of nitriles is 1. The minimum absolute atomic E-state index is 0.0495. The molecule has 0 radical (unpaired) electrons. The molecule has 4 rings (SSSR count). The number of rotatable bonds is 3. The highest BCUT2D eigenvalue weighted by molar-refractivity contribution is 6.09. The van der Waals surface area contributed by atoms with E-state index < -0.39 is 0 Å². The smallest absolute Gasteiger partial charge is 0.142 e. The number of pyridine rings is 2. The van der Waals surface area contributed by atoms with Crippen molar-refractivity contribution < 1.29 is 9.47 Å². The number of H-pyrrole nitrogens is 1. The van der Waals surface area contributed by atoms with Crippen molar-refractivity contribution in [2.75, 3.05) is 33.4 Å². The maximum absolute atomic E-state index is 9.08. The van der Waals surface area contributed by atoms with Crippen LogP contribution in [0.15, 0.2) is 24.5 Å². The average Bonchev–Trinajstić information content (AvgIpc) is 2.98. The van der Waals surface area contributed by atoms with E-state index in [1.807, 2.05) is 6.07 Å². The van der Waals surface area contributed by atoms with E-state index in [2.05, 4.69) is 33.0 Å². The fourth-order valence-corrected chi connectivity index (χ4v) is 3.02. The Balaban J connectivity index is 1.68. The average molecular weight is 323 g/mol. The van der Waals surface area contributed by atoms with Gasteiger partial charge in [0.2, 0.25) is 0 Å². The van der Waals surface area contributed by atoms with E-state index in [-0.39, 0.29) is 6.10 Å². The molecule has 3 aromatic heterocycles. The summed E-state index contributed by atoms with van der Waals surface area (Å²) in [7, 11) is 2.08. The number of ether oxygens (including phenoxy) is 2. The van der Waals surface area contributed by atoms with Crippen molar-refractivity contribution >= 4 is 21.9 Å². The van der Waals surface area contributed by atoms with Gasteiger partial charge in [-0.1, -0.05) is 0 Å². The van der Waals surface area contributed by atoms with Crippen LogP contribution in [0.3, 0.4) is 0 Å². The monoisotopic (exact) mass is 323 g/mol. The Labute approximate surface area is 138 Å². The van der Waals surface area contributed by atoms with Crippen molar-refractivity contribution in [3.8, 4) is 11.8 Å². The molecule has 3 aromatic rings. The number of aromatic nitrogens is 3. The van der Waals surface area contributed by atoms with Gasteiger partial charge in [-0.2, -0.15) is 5.26 Å². The summed E-state index contributed by atoms with van der Waals surface area (Å²) in [4.78, 5) is 13.9. The zero-order chi connectivity index (χ0) is 16.5. The van der Waals surface area contributed by atoms with E-state index in [1.165, 1.54) is 0 Å². The van der Waals surface area contributed by atoms with E-state index in [1.54, 1.807) is 18.5 Å². The number of hydrogen-bond donors (Lipinski definition) is 1. The van der Waals surface area contributed by atoms with Gasteiger partial charge in [-0.25, -0.2) is 9.97 Å². The van der Waals surface area contributed by atoms with Crippen molar-refractivity contribution in [1.82, 2.24) is 19.9 Å². The number of nitrogens with zero attached hydrogens (tertiary/aromatic N) is 4. The fourth-order valence-electron chi connectivity index (χ4n) is 3.02. The van der Waals surface area contributed by atoms with Crippen LogP contribution < -0.4 is 4.74 Å². The highest BCUT2D eigenvalue weighted by Gasteiger charge is 2.19. The van der Waals surface area contributed by atoms with Crippen molar-refractivity contribution in [2.24, 2.45) is 0 Å². The molecule has 0 aliphatic carbocycles. The topological polar surface area (TPSA) is 87.1 Å². The minimum Gasteiger partial charge on any atom is -0.490 e. The van der Waals surface area contributed by atoms with Crippen LogP contribution in [0.4, 0.5) is 0 Å². The number of morpholine rings is 1. The van der Waals surface area contributed by atoms with Gasteiger partial charge in [-0.05, 0) is 19.2 Å². The summed E-state index contributed by atoms with van der Waals surface area (Å²) < 4.78 is 11.8. The number of nitrogens with one attached hydrogen (secondary N) is 1. The number of likely N-dealkylation sites (N-methyl/N-ethyl adjacent to an activating group) is 1. The third kappa shape index (κ3) is 2.66. The van der Waals surface area contributed by atoms with Crippen LogP contribution in [0, 0.1) is 11.3 Å². The van der Waals surface area contributed by atoms with Gasteiger partial charge in [0.1, 0.15) is 35.9 Å². The van der Waals surface area contributed by atoms with E-state index in [9.17, 15) is 0 Å². The summed E-state index contributed by atoms with van der Waals surface area (Å²) in [6, 6.07) is 5.67. The molecule has 0 aromatic carbocycles. The first kappa shape index (κ1) is 14.9. The standard InChI is InChI=1S/C17H17N5O2/c1-22-4-5-23-12(9-22)10-24-15-2-3-19-17-16(15)13-6-11(7-18)20-8-14(13)21-17/h2-3,6,8,12H,4-5,9-10H2,1H3,(H,19,21). The zero-order valence-electron chi connectivity index (χ0n) is 13.3. The predicted molar refractivity (Wildman–Crippen MR) is 88.8 cm³/mol. The van der Waals surface area contributed by atoms with Crippen molar-refractivity contribution in [3.05, 3.63) is 30.2 Å². The van der Waals surface area contributed by atoms with Gasteiger partial charge in [-0.15, -0.1) is 0 Å². The molecule has 7 nitrogen and oxygen atoms in total. The van der Waals surface area contributed by atoms with Gasteiger partial charge in [-0.3, -0.25) is 0 Å². The second kappa shape index (κ2) is 6.07. The second-order valence-corrected chi connectivity index (χ2v) is 5.95. The van der Waals surface area contributed by atoms with Crippen LogP contribution in [0.25, 0.3) is 21.9 Å². The van der Waals surface area contributed by atoms with Gasteiger partial charge in [0.15, 0.2) is 0 Å². The third-order valence-corrected chi connectivity index (χ3v) is 4.22. The summed E-state index contributed by atoms with van der Waals surface area (Å²) in [6.07, 6.45) is 3.41. The lowest BCUT2D eigenvalue weighted by molar-refractivity contribution is -0.0401. The summed E-state index contributed by atoms with van der Waals surface area (Å²) in [6.45, 7) is 3.00. The van der Waals surface area contributed by atoms with Crippen molar-refractivity contribution in [2.45, 2.75) is 6.10 Å². The molecule has 7 heteroatoms. The molecule has 1 N–H and O–H groups in total. The maximum Gasteiger partial charge on any atom is 0.142 e. The molecular weight excluding hydrogens is 306 g/mol. The van der Waals surface area contributed by atoms with Crippen LogP contribution in [-0.2, 0) is 4.74 Å². The molecule has 1 aliphatic heterocycles. The van der Waals surface area contributed by atoms with E-state index in [4.69, 9.17) is 14.7 Å². The molecule has 1 atom stereocenters. The van der Waals surface area contributed by atoms with E-state index >= 15 is 0 Å². The number of hydrogen-bond acceptors (Lipinski definition) is 6. The normalized spacial score (nSPS) is 18.8. The van der Waals surface area contributed by atoms with Crippen LogP contribution in [0.2, 0.25) is 0 Å². The molecule has 0 spiro atoms. The van der Waals surface area contributed by atoms with Crippen molar-refractivity contribution in [3.63, 3.8) is 0 Å². The second-order valence-electron chi connectivity index (χ2n) is 5.95. The van der Waals surface area contributed by atoms with E-state index in [0.717, 1.165) is 47.4 Å². The molecule has 1 saturated heterocycles. The summed E-state index contributed by atoms with van der Waals surface area (Å²) in [5, 5.41) is 10.8. The summed E-state index contributed by atoms with van der Waals surface area (Å²) in [5.74, 6) is 0.734. The first-order valence-corrected chi connectivity index (χ1v) is 7.84. The first-order chi connectivity index (χ1) is 11.7. The molecular formula is C17H17N5O2. The molecule has 0 bridgehead atoms. The molecule has 24 heavy (non-hydrogen) atoms. The van der Waals surface area contributed by atoms with Gasteiger partial charge >= 0.3 is 0 Å². The van der Waals surface area contributed by atoms with Crippen molar-refractivity contribution in [1.29, 1.82) is 5.26 Å². The lowest BCUT2D eigenvalue weighted by atomic mass is 10.2. The highest BCUT2D eigenvalue weighted by Crippen LogP contribution is 2.32. The summed E-state index contributed by atoms with van der Waals surface area (Å²) in [5.41, 5.74) is 1.93. The Morgan fingerprint density at radius 2 is 2.42 bits per heavy atom. The van der Waals surface area contributed by atoms with Gasteiger partial charge in [0.05, 0.1) is 23.7 Å². The van der Waals surface area contributed by atoms with Crippen LogP contribution >= 0.6 is 0 Å². The summed E-state index contributed by atoms with van der Waals surface area (Å²) >= 11 is 0. The molecule has 4 heterocycles. The quantitative estimate of drug-likeness (QED) is 0.789. The van der Waals surface area contributed by atoms with Gasteiger partial charge < -0.3 is 19.4 Å². The van der Waals surface area contributed by atoms with Crippen LogP contribution in [0.5, 0.6) is 5.75 Å². The van der Waals surface area contributed by atoms with Gasteiger partial charge in [0.25, 0.3) is 0 Å². The Morgan fingerprint density at radius 1 is 1.50 bits per heavy atom. The molecule has 122 valence electrons. The van der Waals surface area contributed by atoms with Crippen LogP contribution in [-0.4, -0.2) is 59.3 Å². The molecule has 0 amide bonds. The molecule has 1 fully saturated rings. The van der Waals surface area contributed by atoms with E-state index in [0.29, 0.717) is 12.3 Å². The molecule has 1 aliphatic rings. The zero-order valence-corrected chi connectivity index (χ0v) is 13.3. The molecule has 0 saturated carbocycles. The Hall–Kier alpha value is -2.69. The Kier molecular flexibility index (Phi) is 3.76. The minimum atomic E-state index is 0.0495. The largest absolute Gasteiger partial charge is 0.490 e.